The SMILES string of the molecule is Cn1cc(/C=C2\Oc3cccc(O)c3C2=O)c2c(-c3cccc(C(=O)Nc4ccc(F)cc4)c3)ccnc21. The van der Waals surface area contributed by atoms with Gasteiger partial charge in [-0.3, -0.25) is 9.59 Å². The fourth-order valence-electron chi connectivity index (χ4n) is 4.61. The standard InChI is InChI=1S/C30H20FN3O4/c1-34-16-19(15-25-28(36)27-23(35)6-3-7-24(27)38-25)26-22(12-13-32-29(26)34)17-4-2-5-18(14-17)30(37)33-21-10-8-20(31)9-11-21/h2-16,35H,1H3,(H,33,37)/b25-15-. The summed E-state index contributed by atoms with van der Waals surface area (Å²) in [4.78, 5) is 30.4. The van der Waals surface area contributed by atoms with Gasteiger partial charge >= 0.3 is 0 Å². The number of phenols is 1. The molecule has 0 unspecified atom stereocenters. The van der Waals surface area contributed by atoms with Gasteiger partial charge in [0.05, 0.1) is 0 Å². The summed E-state index contributed by atoms with van der Waals surface area (Å²) in [5, 5.41) is 13.7. The highest BCUT2D eigenvalue weighted by atomic mass is 19.1. The Morgan fingerprint density at radius 2 is 1.87 bits per heavy atom. The van der Waals surface area contributed by atoms with E-state index in [1.807, 2.05) is 29.9 Å². The van der Waals surface area contributed by atoms with Crippen molar-refractivity contribution < 1.29 is 23.8 Å². The van der Waals surface area contributed by atoms with E-state index in [1.54, 1.807) is 42.6 Å². The number of carbonyl (C=O) groups is 2. The first-order chi connectivity index (χ1) is 18.4. The number of hydrogen-bond donors (Lipinski definition) is 2. The zero-order valence-corrected chi connectivity index (χ0v) is 20.1. The maximum Gasteiger partial charge on any atom is 0.255 e. The molecule has 3 aromatic carbocycles. The van der Waals surface area contributed by atoms with E-state index in [2.05, 4.69) is 10.3 Å². The molecule has 186 valence electrons. The second kappa shape index (κ2) is 9.01. The molecule has 1 amide bonds. The molecule has 0 atom stereocenters. The van der Waals surface area contributed by atoms with E-state index in [1.165, 1.54) is 30.3 Å². The summed E-state index contributed by atoms with van der Waals surface area (Å²) in [5.74, 6) is -0.852. The third kappa shape index (κ3) is 3.98. The van der Waals surface area contributed by atoms with Crippen molar-refractivity contribution in [2.75, 3.05) is 5.32 Å². The van der Waals surface area contributed by atoms with Crippen LogP contribution in [0.5, 0.6) is 11.5 Å². The minimum Gasteiger partial charge on any atom is -0.507 e. The van der Waals surface area contributed by atoms with Crippen LogP contribution < -0.4 is 10.1 Å². The number of carbonyl (C=O) groups excluding carboxylic acids is 2. The zero-order valence-electron chi connectivity index (χ0n) is 20.1. The molecule has 5 aromatic rings. The number of nitrogens with one attached hydrogen (secondary N) is 1. The zero-order chi connectivity index (χ0) is 26.4. The Kier molecular flexibility index (Phi) is 5.49. The molecule has 38 heavy (non-hydrogen) atoms. The first-order valence-corrected chi connectivity index (χ1v) is 11.8. The van der Waals surface area contributed by atoms with Crippen LogP contribution in [-0.2, 0) is 7.05 Å². The number of halogens is 1. The van der Waals surface area contributed by atoms with Gasteiger partial charge in [-0.15, -0.1) is 0 Å². The average molecular weight is 506 g/mol. The number of ketones is 1. The van der Waals surface area contributed by atoms with Crippen LogP contribution in [0, 0.1) is 5.82 Å². The molecule has 0 fully saturated rings. The van der Waals surface area contributed by atoms with Gasteiger partial charge in [-0.25, -0.2) is 9.37 Å². The number of aromatic hydroxyl groups is 1. The van der Waals surface area contributed by atoms with Gasteiger partial charge in [0.15, 0.2) is 5.76 Å². The number of Topliss-reactive ketones (excluding diaryl/α,β-unsaturated/α-hetero) is 1. The quantitative estimate of drug-likeness (QED) is 0.294. The molecule has 0 spiro atoms. The van der Waals surface area contributed by atoms with Crippen LogP contribution in [0.4, 0.5) is 10.1 Å². The summed E-state index contributed by atoms with van der Waals surface area (Å²) < 4.78 is 20.8. The van der Waals surface area contributed by atoms with Gasteiger partial charge in [0.1, 0.15) is 28.5 Å². The lowest BCUT2D eigenvalue weighted by Gasteiger charge is -2.09. The smallest absolute Gasteiger partial charge is 0.255 e. The van der Waals surface area contributed by atoms with E-state index in [0.717, 1.165) is 16.5 Å². The van der Waals surface area contributed by atoms with E-state index in [4.69, 9.17) is 4.74 Å². The Bertz CT molecular complexity index is 1790. The van der Waals surface area contributed by atoms with Crippen molar-refractivity contribution >= 4 is 34.5 Å². The van der Waals surface area contributed by atoms with Crippen LogP contribution in [0.15, 0.2) is 90.9 Å². The van der Waals surface area contributed by atoms with Crippen molar-refractivity contribution in [3.8, 4) is 22.6 Å². The van der Waals surface area contributed by atoms with E-state index < -0.39 is 5.78 Å². The van der Waals surface area contributed by atoms with Gasteiger partial charge in [0.2, 0.25) is 5.78 Å². The van der Waals surface area contributed by atoms with E-state index >= 15 is 0 Å². The molecule has 6 rings (SSSR count). The first-order valence-electron chi connectivity index (χ1n) is 11.8. The fourth-order valence-corrected chi connectivity index (χ4v) is 4.61. The molecule has 2 N–H and O–H groups in total. The van der Waals surface area contributed by atoms with Gasteiger partial charge in [-0.1, -0.05) is 18.2 Å². The Morgan fingerprint density at radius 1 is 1.08 bits per heavy atom. The topological polar surface area (TPSA) is 93.5 Å². The number of rotatable bonds is 4. The van der Waals surface area contributed by atoms with Crippen LogP contribution in [0.2, 0.25) is 0 Å². The van der Waals surface area contributed by atoms with Crippen molar-refractivity contribution in [3.63, 3.8) is 0 Å². The van der Waals surface area contributed by atoms with Gasteiger partial charge in [-0.05, 0) is 71.8 Å². The highest BCUT2D eigenvalue weighted by Crippen LogP contribution is 2.39. The number of aromatic nitrogens is 2. The summed E-state index contributed by atoms with van der Waals surface area (Å²) >= 11 is 0. The normalized spacial score (nSPS) is 13.5. The second-order valence-electron chi connectivity index (χ2n) is 8.88. The summed E-state index contributed by atoms with van der Waals surface area (Å²) in [5.41, 5.74) is 4.01. The second-order valence-corrected chi connectivity index (χ2v) is 8.88. The van der Waals surface area contributed by atoms with Crippen molar-refractivity contribution in [3.05, 3.63) is 113 Å². The van der Waals surface area contributed by atoms with Crippen LogP contribution in [0.25, 0.3) is 28.2 Å². The van der Waals surface area contributed by atoms with Gasteiger partial charge in [0.25, 0.3) is 5.91 Å². The molecule has 8 heteroatoms. The lowest BCUT2D eigenvalue weighted by molar-refractivity contribution is 0.101. The molecule has 0 saturated carbocycles. The van der Waals surface area contributed by atoms with Gasteiger partial charge < -0.3 is 19.7 Å². The van der Waals surface area contributed by atoms with Crippen molar-refractivity contribution in [1.82, 2.24) is 9.55 Å². The summed E-state index contributed by atoms with van der Waals surface area (Å²) in [6.45, 7) is 0. The average Bonchev–Trinajstić information content (AvgIpc) is 3.42. The van der Waals surface area contributed by atoms with Crippen LogP contribution in [0.3, 0.4) is 0 Å². The van der Waals surface area contributed by atoms with E-state index in [9.17, 15) is 19.1 Å². The van der Waals surface area contributed by atoms with Crippen LogP contribution in [0.1, 0.15) is 26.3 Å². The number of nitrogens with zero attached hydrogens (tertiary/aromatic N) is 2. The molecule has 3 heterocycles. The predicted octanol–water partition coefficient (Wildman–Crippen LogP) is 5.95. The summed E-state index contributed by atoms with van der Waals surface area (Å²) in [7, 11) is 1.85. The van der Waals surface area contributed by atoms with E-state index in [0.29, 0.717) is 28.2 Å². The number of benzene rings is 3. The third-order valence-electron chi connectivity index (χ3n) is 6.39. The molecule has 0 saturated heterocycles. The highest BCUT2D eigenvalue weighted by Gasteiger charge is 2.30. The molecule has 1 aliphatic rings. The molecule has 0 aliphatic carbocycles. The largest absolute Gasteiger partial charge is 0.507 e. The Morgan fingerprint density at radius 3 is 2.66 bits per heavy atom. The molecule has 2 aromatic heterocycles. The number of aryl methyl sites for hydroxylation is 1. The van der Waals surface area contributed by atoms with Gasteiger partial charge in [0, 0.05) is 41.6 Å². The molecule has 0 bridgehead atoms. The number of fused-ring (bicyclic) bond motifs is 2. The molecule has 1 aliphatic heterocycles. The summed E-state index contributed by atoms with van der Waals surface area (Å²) in [6, 6.07) is 19.2. The number of amides is 1. The van der Waals surface area contributed by atoms with Crippen molar-refractivity contribution in [2.45, 2.75) is 0 Å². The Balaban J connectivity index is 1.40. The van der Waals surface area contributed by atoms with Crippen molar-refractivity contribution in [1.29, 1.82) is 0 Å². The number of phenolic OH excluding ortho intramolecular Hbond substituents is 1. The number of pyridine rings is 1. The summed E-state index contributed by atoms with van der Waals surface area (Å²) in [6.07, 6.45) is 5.17. The monoisotopic (exact) mass is 505 g/mol. The fraction of sp³-hybridized carbons (Fsp3) is 0.0333. The first kappa shape index (κ1) is 23.2. The lowest BCUT2D eigenvalue weighted by Crippen LogP contribution is -2.11. The molecular weight excluding hydrogens is 485 g/mol. The Labute approximate surface area is 216 Å². The Hall–Kier alpha value is -5.24. The third-order valence-corrected chi connectivity index (χ3v) is 6.39. The van der Waals surface area contributed by atoms with Gasteiger partial charge in [-0.2, -0.15) is 0 Å². The predicted molar refractivity (Wildman–Crippen MR) is 142 cm³/mol. The van der Waals surface area contributed by atoms with E-state index in [-0.39, 0.29) is 28.8 Å². The molecular formula is C30H20FN3O4. The van der Waals surface area contributed by atoms with Crippen LogP contribution in [-0.4, -0.2) is 26.3 Å². The van der Waals surface area contributed by atoms with Crippen LogP contribution >= 0.6 is 0 Å². The maximum absolute atomic E-state index is 13.2. The molecule has 0 radical (unpaired) electrons. The number of ether oxygens (including phenoxy) is 1. The molecule has 7 nitrogen and oxygen atoms in total. The van der Waals surface area contributed by atoms with Crippen molar-refractivity contribution in [2.24, 2.45) is 7.05 Å². The highest BCUT2D eigenvalue weighted by molar-refractivity contribution is 6.17. The number of allylic oxidation sites excluding steroid dienone is 1. The number of anilines is 1. The lowest BCUT2D eigenvalue weighted by atomic mass is 9.98. The minimum absolute atomic E-state index is 0.0937. The minimum atomic E-state index is -0.403. The number of hydrogen-bond acceptors (Lipinski definition) is 5. The maximum atomic E-state index is 13.2.